The number of rotatable bonds is 11. The molecule has 0 aromatic heterocycles. The van der Waals surface area contributed by atoms with Crippen LogP contribution in [0.15, 0.2) is 78.9 Å². The van der Waals surface area contributed by atoms with Crippen LogP contribution in [0.5, 0.6) is 0 Å². The Kier molecular flexibility index (Phi) is 14.6. The minimum absolute atomic E-state index is 0.123. The average molecular weight is 658 g/mol. The average Bonchev–Trinajstić information content (AvgIpc) is 3.77. The highest BCUT2D eigenvalue weighted by atomic mass is 31.1. The molecule has 7 heteroatoms. The maximum atomic E-state index is 12.5. The number of hydrogen-bond acceptors (Lipinski definition) is 3. The number of amides is 3. The topological polar surface area (TPSA) is 70.7 Å². The Bertz CT molecular complexity index is 1340. The fourth-order valence-corrected chi connectivity index (χ4v) is 10.3. The van der Waals surface area contributed by atoms with Crippen molar-refractivity contribution in [2.45, 2.75) is 91.1 Å². The molecule has 2 saturated carbocycles. The lowest BCUT2D eigenvalue weighted by Crippen LogP contribution is -2.34. The second-order valence-corrected chi connectivity index (χ2v) is 16.0. The zero-order valence-corrected chi connectivity index (χ0v) is 30.1. The molecule has 254 valence electrons. The molecule has 0 spiro atoms. The van der Waals surface area contributed by atoms with Crippen molar-refractivity contribution in [3.8, 4) is 0 Å². The van der Waals surface area contributed by atoms with Gasteiger partial charge in [-0.1, -0.05) is 113 Å². The van der Waals surface area contributed by atoms with Gasteiger partial charge in [0.15, 0.2) is 0 Å². The van der Waals surface area contributed by atoms with Gasteiger partial charge in [0.2, 0.25) is 0 Å². The number of carbonyl (C=O) groups is 2. The summed E-state index contributed by atoms with van der Waals surface area (Å²) in [5.41, 5.74) is 3.09. The number of aryl methyl sites for hydroxylation is 1. The van der Waals surface area contributed by atoms with Crippen LogP contribution in [-0.4, -0.2) is 42.9 Å². The van der Waals surface area contributed by atoms with Crippen LogP contribution in [0.3, 0.4) is 0 Å². The van der Waals surface area contributed by atoms with Gasteiger partial charge in [-0.05, 0) is 98.7 Å². The summed E-state index contributed by atoms with van der Waals surface area (Å²) < 4.78 is 5.10. The van der Waals surface area contributed by atoms with Gasteiger partial charge in [-0.3, -0.25) is 5.32 Å². The lowest BCUT2D eigenvalue weighted by atomic mass is 9.94. The molecule has 2 aliphatic carbocycles. The van der Waals surface area contributed by atoms with Crippen molar-refractivity contribution in [3.05, 3.63) is 84.4 Å². The molecule has 5 rings (SSSR count). The van der Waals surface area contributed by atoms with Gasteiger partial charge in [-0.15, -0.1) is 0 Å². The molecule has 6 nitrogen and oxygen atoms in total. The SMILES string of the molecule is CC(C)C1CCCC1P(c1ccccc1)c1ccccc1.CCCCOC(=O)Nc1ccc(C)c(NC(=O)N(C)CC2CCCC2)c1. The minimum atomic E-state index is -0.474. The van der Waals surface area contributed by atoms with E-state index in [1.165, 1.54) is 44.9 Å². The maximum Gasteiger partial charge on any atom is 0.411 e. The first kappa shape index (κ1) is 36.5. The molecule has 3 aromatic carbocycles. The van der Waals surface area contributed by atoms with Crippen molar-refractivity contribution in [1.29, 1.82) is 0 Å². The Morgan fingerprint density at radius 3 is 2.11 bits per heavy atom. The van der Waals surface area contributed by atoms with Gasteiger partial charge in [-0.2, -0.15) is 0 Å². The third kappa shape index (κ3) is 11.1. The van der Waals surface area contributed by atoms with Gasteiger partial charge in [0.25, 0.3) is 0 Å². The Hall–Kier alpha value is -3.37. The number of carbonyl (C=O) groups excluding carboxylic acids is 2. The summed E-state index contributed by atoms with van der Waals surface area (Å²) >= 11 is 0. The molecular formula is C40H56N3O3P. The molecule has 0 radical (unpaired) electrons. The fraction of sp³-hybridized carbons (Fsp3) is 0.500. The molecule has 0 heterocycles. The van der Waals surface area contributed by atoms with E-state index < -0.39 is 6.09 Å². The zero-order chi connectivity index (χ0) is 33.6. The number of urea groups is 1. The molecule has 3 aromatic rings. The summed E-state index contributed by atoms with van der Waals surface area (Å²) in [7, 11) is 1.61. The molecule has 0 aliphatic heterocycles. The monoisotopic (exact) mass is 657 g/mol. The number of ether oxygens (including phenoxy) is 1. The number of anilines is 2. The van der Waals surface area contributed by atoms with Gasteiger partial charge >= 0.3 is 12.1 Å². The van der Waals surface area contributed by atoms with Gasteiger partial charge in [0, 0.05) is 25.0 Å². The fourth-order valence-electron chi connectivity index (χ4n) is 6.95. The van der Waals surface area contributed by atoms with Gasteiger partial charge in [0.05, 0.1) is 6.61 Å². The molecule has 2 fully saturated rings. The highest BCUT2D eigenvalue weighted by Gasteiger charge is 2.36. The predicted octanol–water partition coefficient (Wildman–Crippen LogP) is 9.94. The first-order chi connectivity index (χ1) is 22.8. The first-order valence-corrected chi connectivity index (χ1v) is 19.1. The normalized spacial score (nSPS) is 17.7. The lowest BCUT2D eigenvalue weighted by molar-refractivity contribution is 0.160. The van der Waals surface area contributed by atoms with Crippen molar-refractivity contribution in [1.82, 2.24) is 4.90 Å². The highest BCUT2D eigenvalue weighted by Crippen LogP contribution is 2.52. The van der Waals surface area contributed by atoms with E-state index in [0.717, 1.165) is 42.4 Å². The molecule has 2 unspecified atom stereocenters. The summed E-state index contributed by atoms with van der Waals surface area (Å²) in [5.74, 6) is 2.30. The Balaban J connectivity index is 0.000000217. The summed E-state index contributed by atoms with van der Waals surface area (Å²) in [5, 5.41) is 8.75. The van der Waals surface area contributed by atoms with Crippen LogP contribution in [-0.2, 0) is 4.74 Å². The highest BCUT2D eigenvalue weighted by molar-refractivity contribution is 7.73. The number of nitrogens with zero attached hydrogens (tertiary/aromatic N) is 1. The van der Waals surface area contributed by atoms with E-state index in [0.29, 0.717) is 23.9 Å². The Morgan fingerprint density at radius 1 is 0.872 bits per heavy atom. The Morgan fingerprint density at radius 2 is 1.51 bits per heavy atom. The predicted molar refractivity (Wildman–Crippen MR) is 200 cm³/mol. The number of nitrogens with one attached hydrogen (secondary N) is 2. The molecule has 0 bridgehead atoms. The number of hydrogen-bond donors (Lipinski definition) is 2. The Labute approximate surface area is 284 Å². The van der Waals surface area contributed by atoms with E-state index in [1.807, 2.05) is 27.0 Å². The minimum Gasteiger partial charge on any atom is -0.449 e. The quantitative estimate of drug-likeness (QED) is 0.159. The van der Waals surface area contributed by atoms with Gasteiger partial charge < -0.3 is 15.0 Å². The number of benzene rings is 3. The van der Waals surface area contributed by atoms with Crippen LogP contribution in [0.2, 0.25) is 0 Å². The van der Waals surface area contributed by atoms with Crippen LogP contribution in [0.1, 0.15) is 84.1 Å². The van der Waals surface area contributed by atoms with Crippen LogP contribution < -0.4 is 21.2 Å². The van der Waals surface area contributed by atoms with Crippen LogP contribution in [0, 0.1) is 24.7 Å². The van der Waals surface area contributed by atoms with Crippen molar-refractivity contribution >= 4 is 42.0 Å². The molecular weight excluding hydrogens is 601 g/mol. The summed E-state index contributed by atoms with van der Waals surface area (Å²) in [6.45, 7) is 9.98. The molecule has 2 atom stereocenters. The van der Waals surface area contributed by atoms with Crippen LogP contribution in [0.4, 0.5) is 21.0 Å². The summed E-state index contributed by atoms with van der Waals surface area (Å²) in [4.78, 5) is 26.0. The van der Waals surface area contributed by atoms with E-state index in [-0.39, 0.29) is 14.0 Å². The zero-order valence-electron chi connectivity index (χ0n) is 29.2. The van der Waals surface area contributed by atoms with Gasteiger partial charge in [0.1, 0.15) is 0 Å². The molecule has 47 heavy (non-hydrogen) atoms. The van der Waals surface area contributed by atoms with Crippen molar-refractivity contribution in [2.24, 2.45) is 17.8 Å². The van der Waals surface area contributed by atoms with E-state index in [9.17, 15) is 9.59 Å². The molecule has 2 aliphatic rings. The largest absolute Gasteiger partial charge is 0.449 e. The van der Waals surface area contributed by atoms with Crippen molar-refractivity contribution < 1.29 is 14.3 Å². The van der Waals surface area contributed by atoms with Gasteiger partial charge in [-0.25, -0.2) is 9.59 Å². The number of unbranched alkanes of at least 4 members (excludes halogenated alkanes) is 1. The second-order valence-electron chi connectivity index (χ2n) is 13.6. The van der Waals surface area contributed by atoms with E-state index in [4.69, 9.17) is 4.74 Å². The third-order valence-corrected chi connectivity index (χ3v) is 12.6. The summed E-state index contributed by atoms with van der Waals surface area (Å²) in [6.07, 6.45) is 10.5. The molecule has 2 N–H and O–H groups in total. The van der Waals surface area contributed by atoms with Crippen LogP contribution >= 0.6 is 7.92 Å². The smallest absolute Gasteiger partial charge is 0.411 e. The molecule has 3 amide bonds. The van der Waals surface area contributed by atoms with Crippen molar-refractivity contribution in [2.75, 3.05) is 30.8 Å². The molecule has 0 saturated heterocycles. The van der Waals surface area contributed by atoms with E-state index in [1.54, 1.807) is 27.6 Å². The second kappa shape index (κ2) is 18.8. The third-order valence-electron chi connectivity index (χ3n) is 9.60. The van der Waals surface area contributed by atoms with E-state index in [2.05, 4.69) is 85.1 Å². The standard InChI is InChI=1S/C20H31N3O3.C20H25P/c1-4-5-12-26-20(25)21-17-11-10-15(2)18(13-17)22-19(24)23(3)14-16-8-6-7-9-16;1-16(2)19-14-9-15-20(19)21(17-10-5-3-6-11-17)18-12-7-4-8-13-18/h10-11,13,16H,4-9,12,14H2,1-3H3,(H,21,25)(H,22,24);3-8,10-13,16,19-20H,9,14-15H2,1-2H3. The lowest BCUT2D eigenvalue weighted by Gasteiger charge is -2.32. The summed E-state index contributed by atoms with van der Waals surface area (Å²) in [6, 6.07) is 27.8. The van der Waals surface area contributed by atoms with E-state index >= 15 is 0 Å². The van der Waals surface area contributed by atoms with Crippen LogP contribution in [0.25, 0.3) is 0 Å². The first-order valence-electron chi connectivity index (χ1n) is 17.7. The maximum absolute atomic E-state index is 12.5. The van der Waals surface area contributed by atoms with Crippen molar-refractivity contribution in [3.63, 3.8) is 0 Å².